The van der Waals surface area contributed by atoms with Crippen LogP contribution in [0.15, 0.2) is 280 Å². The van der Waals surface area contributed by atoms with Gasteiger partial charge in [0.25, 0.3) is 23.6 Å². The molecule has 4 aliphatic carbocycles. The Hall–Kier alpha value is -15.1. The van der Waals surface area contributed by atoms with Crippen molar-refractivity contribution in [2.24, 2.45) is 0 Å². The molecule has 0 saturated heterocycles. The number of imidazole rings is 4. The number of aromatic nitrogens is 8. The molecule has 0 aliphatic heterocycles. The van der Waals surface area contributed by atoms with Crippen molar-refractivity contribution >= 4 is 46.4 Å². The lowest BCUT2D eigenvalue weighted by atomic mass is 9.95. The summed E-state index contributed by atoms with van der Waals surface area (Å²) in [4.78, 5) is 70.5. The first-order valence-corrected chi connectivity index (χ1v) is 46.9. The van der Waals surface area contributed by atoms with Crippen LogP contribution in [0.4, 0.5) is 31.5 Å². The van der Waals surface area contributed by atoms with Gasteiger partial charge < -0.3 is 71.4 Å². The van der Waals surface area contributed by atoms with E-state index in [-0.39, 0.29) is 52.3 Å². The summed E-state index contributed by atoms with van der Waals surface area (Å²) in [5, 5.41) is 11.1. The van der Waals surface area contributed by atoms with Gasteiger partial charge in [0.05, 0.1) is 75.1 Å². The van der Waals surface area contributed by atoms with Crippen molar-refractivity contribution in [3.8, 4) is 108 Å². The summed E-state index contributed by atoms with van der Waals surface area (Å²) in [6.45, 7) is 8.26. The van der Waals surface area contributed by atoms with E-state index in [1.54, 1.807) is 106 Å². The average Bonchev–Trinajstić information content (AvgIpc) is 1.64. The first-order valence-electron chi connectivity index (χ1n) is 46.9. The lowest BCUT2D eigenvalue weighted by Crippen LogP contribution is -2.13. The highest BCUT2D eigenvalue weighted by molar-refractivity contribution is 6.05. The van der Waals surface area contributed by atoms with Gasteiger partial charge in [-0.05, 0) is 188 Å². The van der Waals surface area contributed by atoms with Gasteiger partial charge in [0.15, 0.2) is 46.1 Å². The quantitative estimate of drug-likeness (QED) is 0.0464. The lowest BCUT2D eigenvalue weighted by molar-refractivity contribution is 0.0989. The largest absolute Gasteiger partial charge is 0.497 e. The molecule has 16 aromatic rings. The van der Waals surface area contributed by atoms with E-state index in [2.05, 4.69) is 164 Å². The summed E-state index contributed by atoms with van der Waals surface area (Å²) in [7, 11) is 4.75. The van der Waals surface area contributed by atoms with E-state index in [9.17, 15) is 28.0 Å². The van der Waals surface area contributed by atoms with Crippen molar-refractivity contribution in [1.29, 1.82) is 0 Å². The number of para-hydroxylation sites is 1. The molecule has 0 atom stereocenters. The van der Waals surface area contributed by atoms with Gasteiger partial charge in [0, 0.05) is 81.7 Å². The van der Waals surface area contributed by atoms with Crippen molar-refractivity contribution in [3.63, 3.8) is 0 Å². The smallest absolute Gasteiger partial charge is 0.291 e. The number of hydrogen-bond donors (Lipinski definition) is 4. The fourth-order valence-corrected chi connectivity index (χ4v) is 18.4. The Bertz CT molecular complexity index is 6730. The van der Waals surface area contributed by atoms with E-state index >= 15 is 0 Å². The van der Waals surface area contributed by atoms with Gasteiger partial charge in [-0.1, -0.05) is 208 Å². The van der Waals surface area contributed by atoms with Gasteiger partial charge in [-0.3, -0.25) is 19.2 Å². The highest BCUT2D eigenvalue weighted by Gasteiger charge is 2.32. The molecule has 696 valence electrons. The molecule has 0 bridgehead atoms. The van der Waals surface area contributed by atoms with Crippen LogP contribution in [0.5, 0.6) is 17.2 Å². The van der Waals surface area contributed by atoms with Crippen LogP contribution < -0.4 is 35.5 Å². The zero-order valence-electron chi connectivity index (χ0n) is 77.6. The molecular formula is C111H112F2N12O11. The number of halogens is 2. The summed E-state index contributed by atoms with van der Waals surface area (Å²) >= 11 is 0. The topological polar surface area (TPSA) is 268 Å². The number of nitrogens with one attached hydrogen (secondary N) is 4. The molecule has 4 fully saturated rings. The molecule has 8 aromatic heterocycles. The second-order valence-electron chi connectivity index (χ2n) is 35.3. The summed E-state index contributed by atoms with van der Waals surface area (Å²) in [6, 6.07) is 72.9. The Morgan fingerprint density at radius 3 is 0.860 bits per heavy atom. The van der Waals surface area contributed by atoms with Crippen molar-refractivity contribution in [2.45, 2.75) is 180 Å². The molecule has 0 unspecified atom stereocenters. The van der Waals surface area contributed by atoms with Crippen molar-refractivity contribution < 1.29 is 59.8 Å². The summed E-state index contributed by atoms with van der Waals surface area (Å²) in [6.07, 6.45) is 31.2. The highest BCUT2D eigenvalue weighted by atomic mass is 19.1. The fourth-order valence-electron chi connectivity index (χ4n) is 18.4. The summed E-state index contributed by atoms with van der Waals surface area (Å²) in [5.74, 6) is 2.81. The van der Waals surface area contributed by atoms with Crippen molar-refractivity contribution in [2.75, 3.05) is 42.6 Å². The first-order chi connectivity index (χ1) is 66.3. The minimum atomic E-state index is -0.494. The molecule has 4 aliphatic rings. The van der Waals surface area contributed by atoms with Crippen molar-refractivity contribution in [3.05, 3.63) is 319 Å². The summed E-state index contributed by atoms with van der Waals surface area (Å²) < 4.78 is 76.2. The third-order valence-corrected chi connectivity index (χ3v) is 25.8. The Labute approximate surface area is 789 Å². The SMILES string of the molecule is COc1cc(NC(=O)c2ccc(-c3c(-c4ccc(C)cc4)ncn3C3CCCCC3)o2)cc(OC)c1.COc1ccc(NC(=O)c2ccc(-c3c(-c4ccc(C)cc4)ncn3C3CCCCC3)o2)cc1.Cc1ccc(-c2ncn(C3CCCCC3)c2-c2ccc(C(=O)Nc3ccc(F)cc3)o2)cc1.Cc1ccc(-c2ncn(C3CCCCC3)c2-c2ccc(C(=O)Nc3ccccc3F)o2)cc1. The highest BCUT2D eigenvalue weighted by Crippen LogP contribution is 2.45. The van der Waals surface area contributed by atoms with Crippen LogP contribution in [-0.4, -0.2) is 83.2 Å². The number of methoxy groups -OCH3 is 3. The van der Waals surface area contributed by atoms with Crippen LogP contribution in [0.25, 0.3) is 90.8 Å². The number of aryl methyl sites for hydroxylation is 4. The summed E-state index contributed by atoms with van der Waals surface area (Å²) in [5.41, 5.74) is 17.7. The second kappa shape index (κ2) is 43.3. The molecule has 0 radical (unpaired) electrons. The molecule has 20 rings (SSSR count). The van der Waals surface area contributed by atoms with Crippen LogP contribution in [-0.2, 0) is 0 Å². The van der Waals surface area contributed by atoms with Gasteiger partial charge in [-0.25, -0.2) is 28.7 Å². The number of nitrogens with zero attached hydrogens (tertiary/aromatic N) is 8. The predicted molar refractivity (Wildman–Crippen MR) is 526 cm³/mol. The van der Waals surface area contributed by atoms with E-state index in [1.807, 2.05) is 43.5 Å². The molecule has 8 heterocycles. The Kier molecular flexibility index (Phi) is 29.5. The Morgan fingerprint density at radius 2 is 0.574 bits per heavy atom. The first kappa shape index (κ1) is 92.7. The van der Waals surface area contributed by atoms with Gasteiger partial charge >= 0.3 is 0 Å². The van der Waals surface area contributed by atoms with Crippen LogP contribution in [0.3, 0.4) is 0 Å². The molecule has 0 spiro atoms. The Balaban J connectivity index is 0.000000126. The molecule has 4 amide bonds. The zero-order valence-corrected chi connectivity index (χ0v) is 77.6. The fraction of sp³-hybridized carbons (Fsp3) is 0.279. The normalized spacial score (nSPS) is 14.2. The number of hydrogen-bond acceptors (Lipinski definition) is 15. The molecular weight excluding hydrogens is 1720 g/mol. The maximum atomic E-state index is 14.0. The Morgan fingerprint density at radius 1 is 0.301 bits per heavy atom. The van der Waals surface area contributed by atoms with E-state index < -0.39 is 11.7 Å². The minimum Gasteiger partial charge on any atom is -0.497 e. The molecule has 8 aromatic carbocycles. The van der Waals surface area contributed by atoms with Gasteiger partial charge in [0.1, 0.15) is 51.7 Å². The molecule has 4 N–H and O–H groups in total. The second-order valence-corrected chi connectivity index (χ2v) is 35.3. The van der Waals surface area contributed by atoms with Crippen LogP contribution in [0, 0.1) is 39.3 Å². The van der Waals surface area contributed by atoms with E-state index in [0.29, 0.717) is 75.8 Å². The number of carbonyl (C=O) groups is 4. The number of benzene rings is 8. The zero-order chi connectivity index (χ0) is 94.1. The molecule has 4 saturated carbocycles. The lowest BCUT2D eigenvalue weighted by Gasteiger charge is -2.24. The van der Waals surface area contributed by atoms with E-state index in [0.717, 1.165) is 125 Å². The maximum absolute atomic E-state index is 14.0. The third kappa shape index (κ3) is 22.0. The molecule has 25 heteroatoms. The number of carbonyl (C=O) groups excluding carboxylic acids is 4. The number of furan rings is 4. The van der Waals surface area contributed by atoms with Crippen LogP contribution >= 0.6 is 0 Å². The third-order valence-electron chi connectivity index (χ3n) is 25.8. The average molecular weight is 1830 g/mol. The number of amides is 4. The van der Waals surface area contributed by atoms with Crippen LogP contribution in [0.2, 0.25) is 0 Å². The molecule has 136 heavy (non-hydrogen) atoms. The van der Waals surface area contributed by atoms with E-state index in [4.69, 9.17) is 51.8 Å². The maximum Gasteiger partial charge on any atom is 0.291 e. The number of anilines is 4. The minimum absolute atomic E-state index is 0.119. The monoisotopic (exact) mass is 1830 g/mol. The van der Waals surface area contributed by atoms with Crippen LogP contribution in [0.1, 0.15) is 217 Å². The van der Waals surface area contributed by atoms with Crippen molar-refractivity contribution in [1.82, 2.24) is 38.2 Å². The molecule has 23 nitrogen and oxygen atoms in total. The van der Waals surface area contributed by atoms with Gasteiger partial charge in [-0.2, -0.15) is 0 Å². The number of ether oxygens (including phenoxy) is 3. The predicted octanol–water partition coefficient (Wildman–Crippen LogP) is 27.8. The van der Waals surface area contributed by atoms with Gasteiger partial charge in [-0.15, -0.1) is 0 Å². The van der Waals surface area contributed by atoms with Gasteiger partial charge in [0.2, 0.25) is 0 Å². The van der Waals surface area contributed by atoms with E-state index in [1.165, 1.54) is 136 Å². The standard InChI is InChI=1S/C29H31N3O4.C28H29N3O3.2C27H26FN3O2/c1-19-9-11-20(12-10-19)27-28(32(18-30-27)22-7-5-4-6-8-22)25-13-14-26(36-25)29(33)31-21-15-23(34-2)17-24(16-21)35-3;1-19-8-10-20(11-9-19)26-27(31(18-29-26)22-6-4-3-5-7-22)24-16-17-25(34-24)28(32)30-21-12-14-23(33-2)15-13-21;1-18-11-13-19(14-12-18)25-26(31(17-29-25)20-7-3-2-4-8-20)23-15-16-24(33-23)27(32)30-22-10-6-5-9-21(22)28;1-18-7-9-19(10-8-18)25-26(31(17-29-25)22-5-3-2-4-6-22)23-15-16-24(33-23)27(32)30-21-13-11-20(28)12-14-21/h9-18,22H,4-8H2,1-3H3,(H,31,33);8-18,22H,3-7H2,1-2H3,(H,30,32);5-6,9-17,20H,2-4,7-8H2,1H3,(H,30,32);7-17,22H,2-6H2,1H3,(H,30,32). The number of rotatable bonds is 23.